The Morgan fingerprint density at radius 2 is 1.90 bits per heavy atom. The predicted octanol–water partition coefficient (Wildman–Crippen LogP) is 8.09. The number of thioether (sulfide) groups is 1. The number of carbonyl (C=O) groups excluding carboxylic acids is 1. The van der Waals surface area contributed by atoms with Crippen molar-refractivity contribution in [1.82, 2.24) is 14.8 Å². The topological polar surface area (TPSA) is 78.3 Å². The number of nitrogens with one attached hydrogen (secondary N) is 1. The Hall–Kier alpha value is -3.46. The van der Waals surface area contributed by atoms with E-state index in [4.69, 9.17) is 42.8 Å². The molecule has 0 amide bonds. The first-order valence-electron chi connectivity index (χ1n) is 13.4. The zero-order valence-corrected chi connectivity index (χ0v) is 25.1. The highest BCUT2D eigenvalue weighted by molar-refractivity contribution is 7.98. The lowest BCUT2D eigenvalue weighted by atomic mass is 9.95. The number of aromatic nitrogens is 3. The summed E-state index contributed by atoms with van der Waals surface area (Å²) in [5.41, 5.74) is 3.97. The Labute approximate surface area is 253 Å². The second-order valence-electron chi connectivity index (χ2n) is 9.59. The Bertz CT molecular complexity index is 1560. The number of carbonyl (C=O) groups is 1. The molecule has 0 aliphatic carbocycles. The summed E-state index contributed by atoms with van der Waals surface area (Å²) in [5, 5.41) is 9.81. The molecule has 1 aliphatic heterocycles. The number of nitrogens with zero attached hydrogens (tertiary/aromatic N) is 3. The lowest BCUT2D eigenvalue weighted by Crippen LogP contribution is -2.29. The number of unbranched alkanes of at least 4 members (excludes halogenated alkanes) is 1. The van der Waals surface area contributed by atoms with Crippen LogP contribution in [-0.4, -0.2) is 27.3 Å². The highest BCUT2D eigenvalue weighted by Gasteiger charge is 2.35. The predicted molar refractivity (Wildman–Crippen MR) is 164 cm³/mol. The van der Waals surface area contributed by atoms with Crippen LogP contribution in [0.4, 0.5) is 5.95 Å². The van der Waals surface area contributed by atoms with Gasteiger partial charge in [0.1, 0.15) is 18.4 Å². The molecule has 7 nitrogen and oxygen atoms in total. The molecule has 41 heavy (non-hydrogen) atoms. The molecule has 2 heterocycles. The summed E-state index contributed by atoms with van der Waals surface area (Å²) in [6.45, 7) is 4.54. The molecule has 0 saturated carbocycles. The smallest absolute Gasteiger partial charge is 0.338 e. The van der Waals surface area contributed by atoms with Crippen molar-refractivity contribution in [2.45, 2.75) is 50.2 Å². The zero-order chi connectivity index (χ0) is 28.8. The van der Waals surface area contributed by atoms with Crippen LogP contribution in [0.5, 0.6) is 5.75 Å². The lowest BCUT2D eigenvalue weighted by Gasteiger charge is -2.28. The van der Waals surface area contributed by atoms with Crippen molar-refractivity contribution in [1.29, 1.82) is 0 Å². The first-order chi connectivity index (χ1) is 19.9. The Kier molecular flexibility index (Phi) is 9.54. The number of allylic oxidation sites excluding steroid dienone is 1. The maximum absolute atomic E-state index is 13.4. The second kappa shape index (κ2) is 13.5. The molecule has 0 fully saturated rings. The largest absolute Gasteiger partial charge is 0.489 e. The van der Waals surface area contributed by atoms with Crippen molar-refractivity contribution in [3.63, 3.8) is 0 Å². The van der Waals surface area contributed by atoms with Crippen molar-refractivity contribution >= 4 is 46.9 Å². The number of anilines is 1. The number of esters is 1. The lowest BCUT2D eigenvalue weighted by molar-refractivity contribution is -0.139. The van der Waals surface area contributed by atoms with Gasteiger partial charge < -0.3 is 14.8 Å². The fraction of sp³-hybridized carbons (Fsp3) is 0.258. The molecule has 212 valence electrons. The van der Waals surface area contributed by atoms with Crippen molar-refractivity contribution in [3.05, 3.63) is 111 Å². The van der Waals surface area contributed by atoms with Crippen LogP contribution in [-0.2, 0) is 21.9 Å². The van der Waals surface area contributed by atoms with E-state index in [2.05, 4.69) is 24.4 Å². The molecule has 0 bridgehead atoms. The second-order valence-corrected chi connectivity index (χ2v) is 11.4. The maximum atomic E-state index is 13.4. The molecule has 1 atom stereocenters. The Morgan fingerprint density at radius 1 is 1.07 bits per heavy atom. The number of halogens is 2. The maximum Gasteiger partial charge on any atom is 0.338 e. The standard InChI is InChI=1S/C31H30Cl2N4O3S/c1-3-4-15-39-29(38)27-20(2)34-30-35-31(41-19-21-9-6-5-7-10-21)36-37(30)28(27)22-11-8-12-25(16-22)40-18-23-13-14-24(32)17-26(23)33/h5-14,16-17,28H,3-4,15,18-19H2,1-2H3,(H,34,35,36). The third kappa shape index (κ3) is 7.07. The number of hydrogen-bond donors (Lipinski definition) is 1. The van der Waals surface area contributed by atoms with E-state index >= 15 is 0 Å². The van der Waals surface area contributed by atoms with E-state index < -0.39 is 6.04 Å². The van der Waals surface area contributed by atoms with Gasteiger partial charge in [0.25, 0.3) is 0 Å². The highest BCUT2D eigenvalue weighted by Crippen LogP contribution is 2.38. The first-order valence-corrected chi connectivity index (χ1v) is 15.1. The van der Waals surface area contributed by atoms with E-state index in [0.717, 1.165) is 29.7 Å². The molecule has 1 unspecified atom stereocenters. The van der Waals surface area contributed by atoms with Crippen LogP contribution in [0.25, 0.3) is 0 Å². The summed E-state index contributed by atoms with van der Waals surface area (Å²) in [4.78, 5) is 18.1. The van der Waals surface area contributed by atoms with Gasteiger partial charge in [0, 0.05) is 27.1 Å². The third-order valence-corrected chi connectivity index (χ3v) is 8.07. The van der Waals surface area contributed by atoms with Crippen LogP contribution in [0.2, 0.25) is 10.0 Å². The summed E-state index contributed by atoms with van der Waals surface area (Å²) in [6.07, 6.45) is 1.72. The van der Waals surface area contributed by atoms with E-state index in [1.54, 1.807) is 16.8 Å². The molecule has 10 heteroatoms. The van der Waals surface area contributed by atoms with Crippen LogP contribution >= 0.6 is 35.0 Å². The highest BCUT2D eigenvalue weighted by atomic mass is 35.5. The minimum Gasteiger partial charge on any atom is -0.489 e. The molecule has 1 aliphatic rings. The number of benzene rings is 3. The van der Waals surface area contributed by atoms with Crippen molar-refractivity contribution in [2.24, 2.45) is 0 Å². The van der Waals surface area contributed by atoms with Crippen LogP contribution < -0.4 is 10.1 Å². The van der Waals surface area contributed by atoms with E-state index in [0.29, 0.717) is 44.8 Å². The Balaban J connectivity index is 1.45. The third-order valence-electron chi connectivity index (χ3n) is 6.58. The van der Waals surface area contributed by atoms with Crippen molar-refractivity contribution in [2.75, 3.05) is 11.9 Å². The fourth-order valence-electron chi connectivity index (χ4n) is 4.45. The van der Waals surface area contributed by atoms with E-state index in [1.807, 2.05) is 55.5 Å². The number of hydrogen-bond acceptors (Lipinski definition) is 7. The molecular formula is C31H30Cl2N4O3S. The molecular weight excluding hydrogens is 579 g/mol. The summed E-state index contributed by atoms with van der Waals surface area (Å²) < 4.78 is 13.5. The van der Waals surface area contributed by atoms with E-state index in [9.17, 15) is 4.79 Å². The number of ether oxygens (including phenoxy) is 2. The van der Waals surface area contributed by atoms with Crippen LogP contribution in [0.15, 0.2) is 89.2 Å². The quantitative estimate of drug-likeness (QED) is 0.105. The van der Waals surface area contributed by atoms with Crippen molar-refractivity contribution in [3.8, 4) is 5.75 Å². The van der Waals surface area contributed by atoms with Gasteiger partial charge in [-0.25, -0.2) is 9.48 Å². The summed E-state index contributed by atoms with van der Waals surface area (Å²) in [6, 6.07) is 22.5. The van der Waals surface area contributed by atoms with Gasteiger partial charge in [-0.3, -0.25) is 0 Å². The molecule has 5 rings (SSSR count). The minimum absolute atomic E-state index is 0.265. The van der Waals surface area contributed by atoms with Crippen LogP contribution in [0.1, 0.15) is 49.4 Å². The molecule has 0 radical (unpaired) electrons. The van der Waals surface area contributed by atoms with Gasteiger partial charge in [0.15, 0.2) is 0 Å². The molecule has 1 N–H and O–H groups in total. The Morgan fingerprint density at radius 3 is 2.68 bits per heavy atom. The molecule has 0 spiro atoms. The first kappa shape index (κ1) is 29.0. The number of fused-ring (bicyclic) bond motifs is 1. The van der Waals surface area contributed by atoms with Gasteiger partial charge in [-0.15, -0.1) is 5.10 Å². The van der Waals surface area contributed by atoms with Gasteiger partial charge in [-0.1, -0.05) is 96.8 Å². The zero-order valence-electron chi connectivity index (χ0n) is 22.8. The van der Waals surface area contributed by atoms with Gasteiger partial charge in [0.2, 0.25) is 11.1 Å². The summed E-state index contributed by atoms with van der Waals surface area (Å²) in [5.74, 6) is 1.53. The SMILES string of the molecule is CCCCOC(=O)C1=C(C)Nc2nc(SCc3ccccc3)nn2C1c1cccc(OCc2ccc(Cl)cc2Cl)c1. The monoisotopic (exact) mass is 608 g/mol. The van der Waals surface area contributed by atoms with Crippen molar-refractivity contribution < 1.29 is 14.3 Å². The number of rotatable bonds is 11. The van der Waals surface area contributed by atoms with Crippen LogP contribution in [0, 0.1) is 0 Å². The minimum atomic E-state index is -0.554. The molecule has 3 aromatic carbocycles. The van der Waals surface area contributed by atoms with Gasteiger partial charge >= 0.3 is 5.97 Å². The van der Waals surface area contributed by atoms with E-state index in [-0.39, 0.29) is 12.6 Å². The fourth-order valence-corrected chi connectivity index (χ4v) is 5.70. The average Bonchev–Trinajstić information content (AvgIpc) is 3.38. The molecule has 1 aromatic heterocycles. The summed E-state index contributed by atoms with van der Waals surface area (Å²) in [7, 11) is 0. The van der Waals surface area contributed by atoms with E-state index in [1.165, 1.54) is 17.3 Å². The van der Waals surface area contributed by atoms with Gasteiger partial charge in [0.05, 0.1) is 12.2 Å². The van der Waals surface area contributed by atoms with Gasteiger partial charge in [-0.2, -0.15) is 4.98 Å². The molecule has 4 aromatic rings. The van der Waals surface area contributed by atoms with Crippen LogP contribution in [0.3, 0.4) is 0 Å². The average molecular weight is 610 g/mol. The summed E-state index contributed by atoms with van der Waals surface area (Å²) >= 11 is 13.9. The normalized spacial score (nSPS) is 14.4. The van der Waals surface area contributed by atoms with Gasteiger partial charge in [-0.05, 0) is 48.7 Å². The molecule has 0 saturated heterocycles.